The van der Waals surface area contributed by atoms with E-state index in [1.807, 2.05) is 6.07 Å². The third kappa shape index (κ3) is 4.75. The zero-order valence-corrected chi connectivity index (χ0v) is 14.4. The SMILES string of the molecule is COc1ccc(OC)c(C=CC(=O)NC2CCN(C(C)=O)CC2)c1. The standard InChI is InChI=1S/C18H24N2O4/c1-13(21)20-10-8-15(9-11-20)19-18(22)7-4-14-12-16(23-2)5-6-17(14)24-3/h4-7,12,15H,8-11H2,1-3H3,(H,19,22). The smallest absolute Gasteiger partial charge is 0.244 e. The van der Waals surface area contributed by atoms with E-state index in [0.717, 1.165) is 18.4 Å². The summed E-state index contributed by atoms with van der Waals surface area (Å²) < 4.78 is 10.5. The van der Waals surface area contributed by atoms with Gasteiger partial charge in [0, 0.05) is 37.7 Å². The summed E-state index contributed by atoms with van der Waals surface area (Å²) >= 11 is 0. The minimum absolute atomic E-state index is 0.0878. The van der Waals surface area contributed by atoms with E-state index in [1.54, 1.807) is 44.3 Å². The van der Waals surface area contributed by atoms with Gasteiger partial charge in [-0.15, -0.1) is 0 Å². The summed E-state index contributed by atoms with van der Waals surface area (Å²) in [5, 5.41) is 2.98. The van der Waals surface area contributed by atoms with Crippen LogP contribution in [-0.2, 0) is 9.59 Å². The summed E-state index contributed by atoms with van der Waals surface area (Å²) in [7, 11) is 3.18. The molecule has 2 rings (SSSR count). The summed E-state index contributed by atoms with van der Waals surface area (Å²) in [6.07, 6.45) is 4.76. The molecule has 1 fully saturated rings. The Balaban J connectivity index is 1.93. The number of piperidine rings is 1. The van der Waals surface area contributed by atoms with Crippen LogP contribution >= 0.6 is 0 Å². The number of carbonyl (C=O) groups is 2. The molecule has 24 heavy (non-hydrogen) atoms. The van der Waals surface area contributed by atoms with Crippen molar-refractivity contribution < 1.29 is 19.1 Å². The van der Waals surface area contributed by atoms with Crippen LogP contribution in [0.2, 0.25) is 0 Å². The molecule has 1 aromatic carbocycles. The van der Waals surface area contributed by atoms with Crippen LogP contribution in [0.3, 0.4) is 0 Å². The second kappa shape index (κ2) is 8.38. The van der Waals surface area contributed by atoms with Crippen molar-refractivity contribution in [3.63, 3.8) is 0 Å². The summed E-state index contributed by atoms with van der Waals surface area (Å²) in [5.74, 6) is 1.31. The molecule has 1 saturated heterocycles. The third-order valence-electron chi connectivity index (χ3n) is 4.14. The van der Waals surface area contributed by atoms with Gasteiger partial charge >= 0.3 is 0 Å². The topological polar surface area (TPSA) is 67.9 Å². The zero-order valence-electron chi connectivity index (χ0n) is 14.4. The van der Waals surface area contributed by atoms with Gasteiger partial charge in [0.2, 0.25) is 11.8 Å². The molecule has 130 valence electrons. The number of ether oxygens (including phenoxy) is 2. The summed E-state index contributed by atoms with van der Waals surface area (Å²) in [4.78, 5) is 25.2. The van der Waals surface area contributed by atoms with Crippen molar-refractivity contribution in [3.8, 4) is 11.5 Å². The van der Waals surface area contributed by atoms with E-state index in [0.29, 0.717) is 24.6 Å². The van der Waals surface area contributed by atoms with Gasteiger partial charge in [0.15, 0.2) is 0 Å². The molecule has 0 radical (unpaired) electrons. The average Bonchev–Trinajstić information content (AvgIpc) is 2.60. The summed E-state index contributed by atoms with van der Waals surface area (Å²) in [6.45, 7) is 2.95. The monoisotopic (exact) mass is 332 g/mol. The fraction of sp³-hybridized carbons (Fsp3) is 0.444. The summed E-state index contributed by atoms with van der Waals surface area (Å²) in [5.41, 5.74) is 0.776. The van der Waals surface area contributed by atoms with Crippen LogP contribution in [0.5, 0.6) is 11.5 Å². The highest BCUT2D eigenvalue weighted by molar-refractivity contribution is 5.92. The Labute approximate surface area is 142 Å². The molecule has 0 aromatic heterocycles. The molecule has 1 aliphatic heterocycles. The molecule has 0 atom stereocenters. The van der Waals surface area contributed by atoms with E-state index in [-0.39, 0.29) is 17.9 Å². The molecule has 1 aliphatic rings. The molecule has 6 heteroatoms. The normalized spacial score (nSPS) is 15.4. The Hall–Kier alpha value is -2.50. The van der Waals surface area contributed by atoms with Crippen LogP contribution in [0.1, 0.15) is 25.3 Å². The molecule has 1 N–H and O–H groups in total. The van der Waals surface area contributed by atoms with Crippen molar-refractivity contribution in [2.75, 3.05) is 27.3 Å². The summed E-state index contributed by atoms with van der Waals surface area (Å²) in [6, 6.07) is 5.52. The largest absolute Gasteiger partial charge is 0.497 e. The number of hydrogen-bond donors (Lipinski definition) is 1. The second-order valence-electron chi connectivity index (χ2n) is 5.73. The van der Waals surface area contributed by atoms with E-state index in [1.165, 1.54) is 6.08 Å². The van der Waals surface area contributed by atoms with Gasteiger partial charge in [-0.3, -0.25) is 9.59 Å². The Bertz CT molecular complexity index is 619. The molecule has 1 aromatic rings. The highest BCUT2D eigenvalue weighted by Gasteiger charge is 2.21. The van der Waals surface area contributed by atoms with Crippen molar-refractivity contribution in [1.29, 1.82) is 0 Å². The van der Waals surface area contributed by atoms with Crippen molar-refractivity contribution in [2.45, 2.75) is 25.8 Å². The average molecular weight is 332 g/mol. The first-order valence-electron chi connectivity index (χ1n) is 7.99. The predicted octanol–water partition coefficient (Wildman–Crippen LogP) is 1.84. The Kier molecular flexibility index (Phi) is 6.23. The van der Waals surface area contributed by atoms with Crippen LogP contribution in [0.4, 0.5) is 0 Å². The van der Waals surface area contributed by atoms with Gasteiger partial charge in [-0.2, -0.15) is 0 Å². The van der Waals surface area contributed by atoms with Crippen LogP contribution in [0.25, 0.3) is 6.08 Å². The highest BCUT2D eigenvalue weighted by atomic mass is 16.5. The Morgan fingerprint density at radius 1 is 1.21 bits per heavy atom. The van der Waals surface area contributed by atoms with Gasteiger partial charge in [-0.25, -0.2) is 0 Å². The number of methoxy groups -OCH3 is 2. The van der Waals surface area contributed by atoms with E-state index < -0.39 is 0 Å². The molecular weight excluding hydrogens is 308 g/mol. The first-order chi connectivity index (χ1) is 11.5. The van der Waals surface area contributed by atoms with E-state index in [9.17, 15) is 9.59 Å². The number of hydrogen-bond acceptors (Lipinski definition) is 4. The van der Waals surface area contributed by atoms with E-state index >= 15 is 0 Å². The van der Waals surface area contributed by atoms with Crippen molar-refractivity contribution in [3.05, 3.63) is 29.8 Å². The number of benzene rings is 1. The third-order valence-corrected chi connectivity index (χ3v) is 4.14. The minimum Gasteiger partial charge on any atom is -0.497 e. The van der Waals surface area contributed by atoms with Crippen LogP contribution in [0.15, 0.2) is 24.3 Å². The van der Waals surface area contributed by atoms with Crippen LogP contribution < -0.4 is 14.8 Å². The van der Waals surface area contributed by atoms with Gasteiger partial charge in [0.25, 0.3) is 0 Å². The van der Waals surface area contributed by atoms with Crippen molar-refractivity contribution >= 4 is 17.9 Å². The number of nitrogens with one attached hydrogen (secondary N) is 1. The number of amides is 2. The molecule has 0 unspecified atom stereocenters. The lowest BCUT2D eigenvalue weighted by molar-refractivity contribution is -0.129. The molecular formula is C18H24N2O4. The fourth-order valence-electron chi connectivity index (χ4n) is 2.72. The van der Waals surface area contributed by atoms with Crippen molar-refractivity contribution in [2.24, 2.45) is 0 Å². The lowest BCUT2D eigenvalue weighted by Gasteiger charge is -2.31. The molecule has 1 heterocycles. The maximum Gasteiger partial charge on any atom is 0.244 e. The second-order valence-corrected chi connectivity index (χ2v) is 5.73. The van der Waals surface area contributed by atoms with Gasteiger partial charge in [0.1, 0.15) is 11.5 Å². The number of rotatable bonds is 5. The Morgan fingerprint density at radius 2 is 1.92 bits per heavy atom. The molecule has 0 spiro atoms. The lowest BCUT2D eigenvalue weighted by Crippen LogP contribution is -2.45. The maximum absolute atomic E-state index is 12.1. The van der Waals surface area contributed by atoms with Gasteiger partial charge in [0.05, 0.1) is 14.2 Å². The highest BCUT2D eigenvalue weighted by Crippen LogP contribution is 2.25. The molecule has 0 saturated carbocycles. The zero-order chi connectivity index (χ0) is 17.5. The molecule has 2 amide bonds. The predicted molar refractivity (Wildman–Crippen MR) is 92.0 cm³/mol. The minimum atomic E-state index is -0.152. The first kappa shape index (κ1) is 17.8. The van der Waals surface area contributed by atoms with Crippen LogP contribution in [0, 0.1) is 0 Å². The van der Waals surface area contributed by atoms with Crippen molar-refractivity contribution in [1.82, 2.24) is 10.2 Å². The molecule has 6 nitrogen and oxygen atoms in total. The first-order valence-corrected chi connectivity index (χ1v) is 7.99. The fourth-order valence-corrected chi connectivity index (χ4v) is 2.72. The maximum atomic E-state index is 12.1. The van der Waals surface area contributed by atoms with Gasteiger partial charge in [-0.1, -0.05) is 0 Å². The number of likely N-dealkylation sites (tertiary alicyclic amines) is 1. The molecule has 0 aliphatic carbocycles. The number of carbonyl (C=O) groups excluding carboxylic acids is 2. The van der Waals surface area contributed by atoms with Gasteiger partial charge in [-0.05, 0) is 37.1 Å². The lowest BCUT2D eigenvalue weighted by atomic mass is 10.0. The molecule has 0 bridgehead atoms. The quantitative estimate of drug-likeness (QED) is 0.836. The van der Waals surface area contributed by atoms with Crippen LogP contribution in [-0.4, -0.2) is 50.1 Å². The number of nitrogens with zero attached hydrogens (tertiary/aromatic N) is 1. The van der Waals surface area contributed by atoms with Gasteiger partial charge < -0.3 is 19.7 Å². The Morgan fingerprint density at radius 3 is 2.50 bits per heavy atom. The van der Waals surface area contributed by atoms with E-state index in [4.69, 9.17) is 9.47 Å². The van der Waals surface area contributed by atoms with E-state index in [2.05, 4.69) is 5.32 Å².